The number of hydrogen-bond donors (Lipinski definition) is 0. The van der Waals surface area contributed by atoms with E-state index in [0.717, 1.165) is 35.2 Å². The van der Waals surface area contributed by atoms with Crippen LogP contribution in [0.25, 0.3) is 16.9 Å². The Morgan fingerprint density at radius 3 is 2.23 bits per heavy atom. The van der Waals surface area contributed by atoms with Gasteiger partial charge in [-0.3, -0.25) is 0 Å². The number of benzene rings is 2. The zero-order valence-corrected chi connectivity index (χ0v) is 16.3. The SMILES string of the molecule is Cc1ccc(-n2nc(C(F)F)cc2-c2ccc(S(C)(=O)=O)c(F)c2)cc1C(F)(F)F. The number of aromatic nitrogens is 2. The molecule has 3 rings (SSSR count). The van der Waals surface area contributed by atoms with E-state index in [1.807, 2.05) is 0 Å². The average Bonchev–Trinajstić information content (AvgIpc) is 3.05. The van der Waals surface area contributed by atoms with Crippen LogP contribution in [0.15, 0.2) is 47.4 Å². The predicted octanol–water partition coefficient (Wildman–Crippen LogP) is 5.35. The summed E-state index contributed by atoms with van der Waals surface area (Å²) in [5.74, 6) is -1.12. The first-order chi connectivity index (χ1) is 13.8. The minimum Gasteiger partial charge on any atom is -0.233 e. The number of nitrogens with zero attached hydrogens (tertiary/aromatic N) is 2. The molecule has 0 amide bonds. The molecule has 0 aliphatic rings. The van der Waals surface area contributed by atoms with Gasteiger partial charge in [0.05, 0.1) is 16.9 Å². The van der Waals surface area contributed by atoms with Crippen molar-refractivity contribution in [2.24, 2.45) is 0 Å². The maximum atomic E-state index is 14.3. The molecule has 0 saturated heterocycles. The summed E-state index contributed by atoms with van der Waals surface area (Å²) in [6.07, 6.45) is -6.91. The Hall–Kier alpha value is -2.82. The molecule has 11 heteroatoms. The third-order valence-corrected chi connectivity index (χ3v) is 5.48. The van der Waals surface area contributed by atoms with E-state index in [4.69, 9.17) is 0 Å². The smallest absolute Gasteiger partial charge is 0.233 e. The molecule has 1 aromatic heterocycles. The molecule has 2 aromatic carbocycles. The first kappa shape index (κ1) is 21.9. The summed E-state index contributed by atoms with van der Waals surface area (Å²) in [7, 11) is -3.87. The van der Waals surface area contributed by atoms with Crippen LogP contribution >= 0.6 is 0 Å². The van der Waals surface area contributed by atoms with Gasteiger partial charge in [-0.25, -0.2) is 26.3 Å². The summed E-state index contributed by atoms with van der Waals surface area (Å²) in [6, 6.07) is 7.01. The van der Waals surface area contributed by atoms with E-state index >= 15 is 0 Å². The molecule has 0 N–H and O–H groups in total. The standard InChI is InChI=1S/C19H14F6N2O2S/c1-10-3-5-12(8-13(10)19(23,24)25)27-16(9-15(26-27)18(21)22)11-4-6-17(14(20)7-11)30(2,28)29/h3-9,18H,1-2H3. The fourth-order valence-electron chi connectivity index (χ4n) is 2.92. The van der Waals surface area contributed by atoms with Crippen LogP contribution in [0.5, 0.6) is 0 Å². The third kappa shape index (κ3) is 4.20. The van der Waals surface area contributed by atoms with Gasteiger partial charge in [0.2, 0.25) is 0 Å². The van der Waals surface area contributed by atoms with E-state index in [9.17, 15) is 34.8 Å². The van der Waals surface area contributed by atoms with E-state index in [2.05, 4.69) is 5.10 Å². The van der Waals surface area contributed by atoms with Crippen molar-refractivity contribution >= 4 is 9.84 Å². The van der Waals surface area contributed by atoms with Crippen molar-refractivity contribution in [1.29, 1.82) is 0 Å². The van der Waals surface area contributed by atoms with Crippen molar-refractivity contribution in [3.8, 4) is 16.9 Å². The summed E-state index contributed by atoms with van der Waals surface area (Å²) < 4.78 is 104. The largest absolute Gasteiger partial charge is 0.416 e. The Morgan fingerprint density at radius 2 is 1.70 bits per heavy atom. The molecule has 3 aromatic rings. The second-order valence-corrected chi connectivity index (χ2v) is 8.57. The van der Waals surface area contributed by atoms with Gasteiger partial charge >= 0.3 is 6.18 Å². The number of hydrogen-bond acceptors (Lipinski definition) is 3. The Balaban J connectivity index is 2.23. The molecule has 0 aliphatic heterocycles. The maximum Gasteiger partial charge on any atom is 0.416 e. The molecule has 30 heavy (non-hydrogen) atoms. The predicted molar refractivity (Wildman–Crippen MR) is 96.8 cm³/mol. The summed E-state index contributed by atoms with van der Waals surface area (Å²) >= 11 is 0. The summed E-state index contributed by atoms with van der Waals surface area (Å²) in [5.41, 5.74) is -2.10. The van der Waals surface area contributed by atoms with Gasteiger partial charge in [0.15, 0.2) is 9.84 Å². The van der Waals surface area contributed by atoms with E-state index < -0.39 is 44.4 Å². The highest BCUT2D eigenvalue weighted by atomic mass is 32.2. The van der Waals surface area contributed by atoms with Crippen molar-refractivity contribution in [3.63, 3.8) is 0 Å². The molecule has 160 valence electrons. The molecule has 0 bridgehead atoms. The monoisotopic (exact) mass is 448 g/mol. The van der Waals surface area contributed by atoms with Crippen molar-refractivity contribution < 1.29 is 34.8 Å². The lowest BCUT2D eigenvalue weighted by Crippen LogP contribution is -2.10. The number of alkyl halides is 5. The van der Waals surface area contributed by atoms with Crippen LogP contribution in [0.1, 0.15) is 23.2 Å². The van der Waals surface area contributed by atoms with Crippen LogP contribution in [-0.2, 0) is 16.0 Å². The van der Waals surface area contributed by atoms with Gasteiger partial charge in [-0.15, -0.1) is 0 Å². The number of halogens is 6. The molecular formula is C19H14F6N2O2S. The molecule has 0 saturated carbocycles. The van der Waals surface area contributed by atoms with E-state index in [1.54, 1.807) is 0 Å². The lowest BCUT2D eigenvalue weighted by atomic mass is 10.1. The van der Waals surface area contributed by atoms with Crippen LogP contribution in [0.3, 0.4) is 0 Å². The van der Waals surface area contributed by atoms with E-state index in [1.165, 1.54) is 25.1 Å². The number of rotatable bonds is 4. The molecular weight excluding hydrogens is 434 g/mol. The first-order valence-electron chi connectivity index (χ1n) is 8.35. The lowest BCUT2D eigenvalue weighted by Gasteiger charge is -2.14. The third-order valence-electron chi connectivity index (χ3n) is 4.35. The minimum atomic E-state index is -4.68. The second kappa shape index (κ2) is 7.46. The number of sulfone groups is 1. The Labute approximate surface area is 167 Å². The Kier molecular flexibility index (Phi) is 5.44. The highest BCUT2D eigenvalue weighted by molar-refractivity contribution is 7.90. The maximum absolute atomic E-state index is 14.3. The highest BCUT2D eigenvalue weighted by Gasteiger charge is 2.33. The zero-order valence-electron chi connectivity index (χ0n) is 15.5. The van der Waals surface area contributed by atoms with Gasteiger partial charge in [-0.1, -0.05) is 12.1 Å². The van der Waals surface area contributed by atoms with Crippen molar-refractivity contribution in [1.82, 2.24) is 9.78 Å². The van der Waals surface area contributed by atoms with Gasteiger partial charge in [-0.2, -0.15) is 18.3 Å². The van der Waals surface area contributed by atoms with Gasteiger partial charge in [-0.05, 0) is 42.8 Å². The molecule has 0 aliphatic carbocycles. The Morgan fingerprint density at radius 1 is 1.03 bits per heavy atom. The fourth-order valence-corrected chi connectivity index (χ4v) is 3.64. The van der Waals surface area contributed by atoms with Gasteiger partial charge in [0.25, 0.3) is 6.43 Å². The molecule has 1 heterocycles. The van der Waals surface area contributed by atoms with Crippen LogP contribution < -0.4 is 0 Å². The van der Waals surface area contributed by atoms with Gasteiger partial charge in [0.1, 0.15) is 16.4 Å². The van der Waals surface area contributed by atoms with Crippen molar-refractivity contribution in [2.75, 3.05) is 6.26 Å². The van der Waals surface area contributed by atoms with Gasteiger partial charge < -0.3 is 0 Å². The summed E-state index contributed by atoms with van der Waals surface area (Å²) in [5, 5.41) is 3.67. The van der Waals surface area contributed by atoms with Crippen LogP contribution in [0.4, 0.5) is 26.3 Å². The van der Waals surface area contributed by atoms with E-state index in [0.29, 0.717) is 0 Å². The molecule has 0 unspecified atom stereocenters. The van der Waals surface area contributed by atoms with Crippen LogP contribution in [0, 0.1) is 12.7 Å². The quantitative estimate of drug-likeness (QED) is 0.506. The highest BCUT2D eigenvalue weighted by Crippen LogP contribution is 2.35. The first-order valence-corrected chi connectivity index (χ1v) is 10.2. The van der Waals surface area contributed by atoms with Crippen molar-refractivity contribution in [3.05, 3.63) is 65.1 Å². The lowest BCUT2D eigenvalue weighted by molar-refractivity contribution is -0.138. The zero-order chi connectivity index (χ0) is 22.4. The second-order valence-electron chi connectivity index (χ2n) is 6.58. The fraction of sp³-hybridized carbons (Fsp3) is 0.211. The molecule has 0 fully saturated rings. The van der Waals surface area contributed by atoms with Crippen LogP contribution in [-0.4, -0.2) is 24.5 Å². The average molecular weight is 448 g/mol. The van der Waals surface area contributed by atoms with Crippen molar-refractivity contribution in [2.45, 2.75) is 24.4 Å². The molecule has 0 radical (unpaired) electrons. The van der Waals surface area contributed by atoms with Gasteiger partial charge in [0, 0.05) is 11.8 Å². The summed E-state index contributed by atoms with van der Waals surface area (Å²) in [4.78, 5) is -0.596. The van der Waals surface area contributed by atoms with E-state index in [-0.39, 0.29) is 22.5 Å². The topological polar surface area (TPSA) is 52.0 Å². The van der Waals surface area contributed by atoms with Crippen LogP contribution in [0.2, 0.25) is 0 Å². The molecule has 4 nitrogen and oxygen atoms in total. The minimum absolute atomic E-state index is 0.0339. The normalized spacial score (nSPS) is 12.6. The molecule has 0 atom stereocenters. The summed E-state index contributed by atoms with van der Waals surface area (Å²) in [6.45, 7) is 1.25. The number of aryl methyl sites for hydroxylation is 1. The Bertz CT molecular complexity index is 1220. The molecule has 0 spiro atoms.